The van der Waals surface area contributed by atoms with Gasteiger partial charge in [-0.25, -0.2) is 0 Å². The summed E-state index contributed by atoms with van der Waals surface area (Å²) in [6.45, 7) is 55.7. The van der Waals surface area contributed by atoms with Gasteiger partial charge in [-0.3, -0.25) is 0 Å². The zero-order valence-electron chi connectivity index (χ0n) is 62.1. The van der Waals surface area contributed by atoms with Gasteiger partial charge in [-0.05, 0) is 259 Å². The summed E-state index contributed by atoms with van der Waals surface area (Å²) in [5.41, 5.74) is 31.0. The van der Waals surface area contributed by atoms with E-state index in [4.69, 9.17) is 13.6 Å². The van der Waals surface area contributed by atoms with Crippen molar-refractivity contribution in [2.75, 3.05) is 0 Å². The Labute approximate surface area is 574 Å². The van der Waals surface area contributed by atoms with E-state index in [2.05, 4.69) is 294 Å². The molecule has 500 valence electrons. The molecule has 0 unspecified atom stereocenters. The van der Waals surface area contributed by atoms with Gasteiger partial charge in [-0.2, -0.15) is 4.57 Å². The second-order valence-electron chi connectivity index (χ2n) is 30.6. The van der Waals surface area contributed by atoms with E-state index in [1.807, 2.05) is 36.4 Å². The molecular weight excluding hydrogens is 1180 g/mol. The first-order chi connectivity index (χ1) is 44.9. The lowest BCUT2D eigenvalue weighted by atomic mass is 9.75. The van der Waals surface area contributed by atoms with Gasteiger partial charge in [0.05, 0.1) is 0 Å². The van der Waals surface area contributed by atoms with E-state index in [0.717, 1.165) is 16.7 Å². The number of benzene rings is 9. The average molecular weight is 1290 g/mol. The van der Waals surface area contributed by atoms with E-state index in [-0.39, 0.29) is 35.5 Å². The third kappa shape index (κ3) is 15.1. The first-order valence-corrected chi connectivity index (χ1v) is 37.3. The normalized spacial score (nSPS) is 12.3. The second kappa shape index (κ2) is 29.9. The van der Waals surface area contributed by atoms with Crippen molar-refractivity contribution in [2.24, 2.45) is 0 Å². The fourth-order valence-electron chi connectivity index (χ4n) is 15.5. The Balaban J connectivity index is 1.18. The van der Waals surface area contributed by atoms with Gasteiger partial charge in [0.15, 0.2) is 0 Å². The lowest BCUT2D eigenvalue weighted by Gasteiger charge is -2.30. The van der Waals surface area contributed by atoms with Crippen LogP contribution in [0, 0.1) is 0 Å². The molecule has 0 heterocycles. The maximum atomic E-state index is 16.1. The summed E-state index contributed by atoms with van der Waals surface area (Å²) in [5.74, 6) is 4.69. The molecule has 0 fully saturated rings. The Bertz CT molecular complexity index is 3750. The van der Waals surface area contributed by atoms with Gasteiger partial charge in [0.1, 0.15) is 17.2 Å². The van der Waals surface area contributed by atoms with Crippen molar-refractivity contribution in [3.05, 3.63) is 231 Å². The van der Waals surface area contributed by atoms with Gasteiger partial charge < -0.3 is 13.6 Å². The number of phosphoric acid groups is 1. The molecule has 0 amide bonds. The molecule has 9 aromatic rings. The maximum Gasteiger partial charge on any atom is 0.647 e. The third-order valence-corrected chi connectivity index (χ3v) is 20.6. The first kappa shape index (κ1) is 71.9. The minimum Gasteiger partial charge on any atom is -0.386 e. The molecule has 0 saturated carbocycles. The van der Waals surface area contributed by atoms with Crippen LogP contribution in [0.15, 0.2) is 164 Å². The van der Waals surface area contributed by atoms with Gasteiger partial charge >= 0.3 is 7.82 Å². The summed E-state index contributed by atoms with van der Waals surface area (Å²) >= 11 is 0. The molecule has 0 bridgehead atoms. The highest BCUT2D eigenvalue weighted by atomic mass is 31.2. The predicted molar refractivity (Wildman–Crippen MR) is 411 cm³/mol. The molecule has 0 atom stereocenters. The fourth-order valence-corrected chi connectivity index (χ4v) is 16.7. The molecule has 0 spiro atoms. The Morgan fingerprint density at radius 3 is 0.589 bits per heavy atom. The van der Waals surface area contributed by atoms with E-state index < -0.39 is 7.82 Å². The predicted octanol–water partition coefficient (Wildman–Crippen LogP) is 28.8. The zero-order chi connectivity index (χ0) is 69.2. The zero-order valence-corrected chi connectivity index (χ0v) is 63.0. The SMILES string of the molecule is CC(C)c1ccccc1-c1cc(-c2ccc(OP(=O)(Oc3ccc(-c4cc(-c5ccccc5C(C)C)c(C(C)C)c(C(C)C)c4C(C)C)cc3)Oc3ccc(-c4cc(-c5ccccc5C(C)C)c(C(C)C)c(C(C)C)c4C(C)C)cc3)cc2)c(C(C)C)c(C(C)C)c1C(C)C. The first-order valence-electron chi connectivity index (χ1n) is 35.8. The molecule has 9 aromatic carbocycles. The summed E-state index contributed by atoms with van der Waals surface area (Å²) in [4.78, 5) is 0. The lowest BCUT2D eigenvalue weighted by Crippen LogP contribution is -2.11. The summed E-state index contributed by atoms with van der Waals surface area (Å²) < 4.78 is 36.2. The summed E-state index contributed by atoms with van der Waals surface area (Å²) in [5, 5.41) is 0. The third-order valence-electron chi connectivity index (χ3n) is 19.3. The van der Waals surface area contributed by atoms with Crippen molar-refractivity contribution >= 4 is 7.82 Å². The Morgan fingerprint density at radius 1 is 0.211 bits per heavy atom. The van der Waals surface area contributed by atoms with Gasteiger partial charge in [-0.1, -0.05) is 275 Å². The van der Waals surface area contributed by atoms with E-state index in [1.54, 1.807) is 0 Å². The van der Waals surface area contributed by atoms with Crippen LogP contribution in [0.3, 0.4) is 0 Å². The minimum atomic E-state index is -4.53. The van der Waals surface area contributed by atoms with Gasteiger partial charge in [-0.15, -0.1) is 0 Å². The molecule has 0 aromatic heterocycles. The Hall–Kier alpha value is -7.39. The summed E-state index contributed by atoms with van der Waals surface area (Å²) in [6.07, 6.45) is 0. The highest BCUT2D eigenvalue weighted by Gasteiger charge is 2.35. The molecule has 0 aliphatic carbocycles. The monoisotopic (exact) mass is 1290 g/mol. The number of phosphoric ester groups is 1. The van der Waals surface area contributed by atoms with Crippen LogP contribution in [0.2, 0.25) is 0 Å². The van der Waals surface area contributed by atoms with Crippen LogP contribution in [0.1, 0.15) is 304 Å². The number of hydrogen-bond donors (Lipinski definition) is 0. The van der Waals surface area contributed by atoms with Crippen molar-refractivity contribution in [1.29, 1.82) is 0 Å². The molecule has 9 rings (SSSR count). The topological polar surface area (TPSA) is 44.8 Å². The fraction of sp³-hybridized carbons (Fsp3) is 0.400. The summed E-state index contributed by atoms with van der Waals surface area (Å²) in [7, 11) is -4.53. The Kier molecular flexibility index (Phi) is 22.7. The number of rotatable bonds is 24. The van der Waals surface area contributed by atoms with Crippen LogP contribution in [0.5, 0.6) is 17.2 Å². The molecule has 95 heavy (non-hydrogen) atoms. The molecule has 5 heteroatoms. The highest BCUT2D eigenvalue weighted by Crippen LogP contribution is 2.54. The van der Waals surface area contributed by atoms with Gasteiger partial charge in [0.25, 0.3) is 0 Å². The second-order valence-corrected chi connectivity index (χ2v) is 32.0. The highest BCUT2D eigenvalue weighted by molar-refractivity contribution is 7.49. The van der Waals surface area contributed by atoms with Crippen LogP contribution >= 0.6 is 7.82 Å². The molecular formula is C90H111O4P. The van der Waals surface area contributed by atoms with Crippen molar-refractivity contribution in [3.8, 4) is 84.0 Å². The molecule has 0 aliphatic heterocycles. The van der Waals surface area contributed by atoms with Crippen molar-refractivity contribution in [1.82, 2.24) is 0 Å². The van der Waals surface area contributed by atoms with Crippen molar-refractivity contribution in [3.63, 3.8) is 0 Å². The molecule has 0 radical (unpaired) electrons. The molecule has 0 N–H and O–H groups in total. The molecule has 0 aliphatic rings. The van der Waals surface area contributed by atoms with Gasteiger partial charge in [0.2, 0.25) is 0 Å². The Morgan fingerprint density at radius 2 is 0.400 bits per heavy atom. The largest absolute Gasteiger partial charge is 0.647 e. The number of hydrogen-bond acceptors (Lipinski definition) is 4. The van der Waals surface area contributed by atoms with E-state index >= 15 is 4.57 Å². The van der Waals surface area contributed by atoms with Crippen LogP contribution in [-0.4, -0.2) is 0 Å². The van der Waals surface area contributed by atoms with E-state index in [0.29, 0.717) is 52.8 Å². The van der Waals surface area contributed by atoms with Crippen molar-refractivity contribution in [2.45, 2.75) is 237 Å². The summed E-state index contributed by atoms with van der Waals surface area (Å²) in [6, 6.07) is 58.2. The van der Waals surface area contributed by atoms with Crippen LogP contribution < -0.4 is 13.6 Å². The van der Waals surface area contributed by atoms with E-state index in [9.17, 15) is 0 Å². The van der Waals surface area contributed by atoms with Crippen LogP contribution in [-0.2, 0) is 4.57 Å². The molecule has 4 nitrogen and oxygen atoms in total. The minimum absolute atomic E-state index is 0.250. The molecule has 0 saturated heterocycles. The average Bonchev–Trinajstić information content (AvgIpc) is 0.761. The van der Waals surface area contributed by atoms with Gasteiger partial charge in [0, 0.05) is 0 Å². The van der Waals surface area contributed by atoms with Crippen molar-refractivity contribution < 1.29 is 18.1 Å². The quantitative estimate of drug-likeness (QED) is 0.0566. The standard InChI is InChI=1S/C90H111O4P/c1-52(2)70-31-25-28-34-73(70)79-49-76(82(55(7)8)88(61(19)20)85(79)58(13)14)64-37-43-67(44-38-64)92-95(91,93-68-45-39-65(40-46-68)77-50-80(74-35-29-26-32-71(74)53(3)4)86(59(15)16)89(62(21)22)83(77)56(9)10)94-69-47-41-66(42-48-69)78-51-81(75-36-30-27-33-72(75)54(5)6)87(60(17)18)90(63(23)24)84(78)57(11)12/h25-63H,1-24H3. The van der Waals surface area contributed by atoms with Crippen LogP contribution in [0.4, 0.5) is 0 Å². The van der Waals surface area contributed by atoms with E-state index in [1.165, 1.54) is 117 Å². The lowest BCUT2D eigenvalue weighted by molar-refractivity contribution is 0.298. The van der Waals surface area contributed by atoms with Crippen LogP contribution in [0.25, 0.3) is 66.8 Å². The maximum absolute atomic E-state index is 16.1. The smallest absolute Gasteiger partial charge is 0.386 e.